The summed E-state index contributed by atoms with van der Waals surface area (Å²) in [6.45, 7) is 5.58. The Morgan fingerprint density at radius 3 is 2.42 bits per heavy atom. The van der Waals surface area contributed by atoms with E-state index < -0.39 is 0 Å². The van der Waals surface area contributed by atoms with E-state index in [1.807, 2.05) is 17.0 Å². The van der Waals surface area contributed by atoms with E-state index in [2.05, 4.69) is 17.0 Å². The van der Waals surface area contributed by atoms with Crippen molar-refractivity contribution in [2.24, 2.45) is 0 Å². The molecule has 1 aromatic rings. The van der Waals surface area contributed by atoms with E-state index in [9.17, 15) is 4.79 Å². The Hall–Kier alpha value is -1.39. The third-order valence-electron chi connectivity index (χ3n) is 5.86. The SMILES string of the molecule is O=C(c1ccc(CN2CCCC2)cc1)N1CCOC2(CCCC2)C1. The smallest absolute Gasteiger partial charge is 0.254 e. The van der Waals surface area contributed by atoms with Crippen molar-refractivity contribution in [3.63, 3.8) is 0 Å². The fourth-order valence-corrected chi connectivity index (χ4v) is 4.47. The predicted molar refractivity (Wildman–Crippen MR) is 94.0 cm³/mol. The van der Waals surface area contributed by atoms with Gasteiger partial charge in [0.25, 0.3) is 5.91 Å². The van der Waals surface area contributed by atoms with Crippen molar-refractivity contribution in [1.82, 2.24) is 9.80 Å². The third-order valence-corrected chi connectivity index (χ3v) is 5.86. The van der Waals surface area contributed by atoms with Crippen LogP contribution in [0.2, 0.25) is 0 Å². The lowest BCUT2D eigenvalue weighted by atomic mass is 9.99. The maximum absolute atomic E-state index is 12.9. The molecular formula is C20H28N2O2. The molecule has 3 fully saturated rings. The zero-order valence-corrected chi connectivity index (χ0v) is 14.5. The zero-order valence-electron chi connectivity index (χ0n) is 14.5. The highest BCUT2D eigenvalue weighted by Gasteiger charge is 2.40. The Kier molecular flexibility index (Phi) is 4.59. The molecular weight excluding hydrogens is 300 g/mol. The topological polar surface area (TPSA) is 32.8 Å². The first-order valence-electron chi connectivity index (χ1n) is 9.49. The molecule has 0 bridgehead atoms. The minimum Gasteiger partial charge on any atom is -0.371 e. The van der Waals surface area contributed by atoms with E-state index >= 15 is 0 Å². The maximum Gasteiger partial charge on any atom is 0.254 e. The second-order valence-electron chi connectivity index (χ2n) is 7.65. The van der Waals surface area contributed by atoms with E-state index in [0.29, 0.717) is 6.61 Å². The highest BCUT2D eigenvalue weighted by molar-refractivity contribution is 5.94. The molecule has 1 aliphatic carbocycles. The van der Waals surface area contributed by atoms with Gasteiger partial charge in [-0.1, -0.05) is 25.0 Å². The van der Waals surface area contributed by atoms with Crippen molar-refractivity contribution < 1.29 is 9.53 Å². The molecule has 24 heavy (non-hydrogen) atoms. The first-order chi connectivity index (χ1) is 11.7. The first kappa shape index (κ1) is 16.1. The number of hydrogen-bond acceptors (Lipinski definition) is 3. The highest BCUT2D eigenvalue weighted by atomic mass is 16.5. The van der Waals surface area contributed by atoms with Crippen LogP contribution >= 0.6 is 0 Å². The molecule has 4 rings (SSSR count). The molecule has 2 heterocycles. The first-order valence-corrected chi connectivity index (χ1v) is 9.49. The molecule has 0 unspecified atom stereocenters. The van der Waals surface area contributed by atoms with Crippen molar-refractivity contribution in [3.8, 4) is 0 Å². The Bertz CT molecular complexity index is 572. The fraction of sp³-hybridized carbons (Fsp3) is 0.650. The van der Waals surface area contributed by atoms with Crippen molar-refractivity contribution in [2.75, 3.05) is 32.8 Å². The second kappa shape index (κ2) is 6.85. The highest BCUT2D eigenvalue weighted by Crippen LogP contribution is 2.36. The number of benzene rings is 1. The molecule has 2 saturated heterocycles. The van der Waals surface area contributed by atoms with Gasteiger partial charge in [-0.25, -0.2) is 0 Å². The van der Waals surface area contributed by atoms with Gasteiger partial charge in [0.1, 0.15) is 0 Å². The van der Waals surface area contributed by atoms with Crippen molar-refractivity contribution in [3.05, 3.63) is 35.4 Å². The molecule has 130 valence electrons. The molecule has 3 aliphatic rings. The van der Waals surface area contributed by atoms with Gasteiger partial charge < -0.3 is 9.64 Å². The molecule has 4 nitrogen and oxygen atoms in total. The summed E-state index contributed by atoms with van der Waals surface area (Å²) in [5.74, 6) is 0.164. The number of hydrogen-bond donors (Lipinski definition) is 0. The van der Waals surface area contributed by atoms with Crippen LogP contribution < -0.4 is 0 Å². The Labute approximate surface area is 144 Å². The Morgan fingerprint density at radius 2 is 1.71 bits per heavy atom. The summed E-state index contributed by atoms with van der Waals surface area (Å²) in [6.07, 6.45) is 7.29. The van der Waals surface area contributed by atoms with Gasteiger partial charge in [-0.05, 0) is 56.5 Å². The number of amides is 1. The lowest BCUT2D eigenvalue weighted by Gasteiger charge is -2.40. The van der Waals surface area contributed by atoms with Gasteiger partial charge in [0.2, 0.25) is 0 Å². The molecule has 1 spiro atoms. The summed E-state index contributed by atoms with van der Waals surface area (Å²) in [6, 6.07) is 8.25. The molecule has 0 N–H and O–H groups in total. The van der Waals surface area contributed by atoms with Crippen molar-refractivity contribution >= 4 is 5.91 Å². The van der Waals surface area contributed by atoms with Gasteiger partial charge in [-0.15, -0.1) is 0 Å². The molecule has 0 radical (unpaired) electrons. The minimum atomic E-state index is -0.0520. The Morgan fingerprint density at radius 1 is 1.00 bits per heavy atom. The summed E-state index contributed by atoms with van der Waals surface area (Å²) < 4.78 is 6.04. The van der Waals surface area contributed by atoms with Gasteiger partial charge in [0.15, 0.2) is 0 Å². The maximum atomic E-state index is 12.9. The summed E-state index contributed by atoms with van der Waals surface area (Å²) in [5, 5.41) is 0. The third kappa shape index (κ3) is 3.35. The monoisotopic (exact) mass is 328 g/mol. The molecule has 0 atom stereocenters. The quantitative estimate of drug-likeness (QED) is 0.855. The largest absolute Gasteiger partial charge is 0.371 e. The normalized spacial score (nSPS) is 23.9. The van der Waals surface area contributed by atoms with Crippen LogP contribution in [0.4, 0.5) is 0 Å². The summed E-state index contributed by atoms with van der Waals surface area (Å²) in [4.78, 5) is 17.3. The van der Waals surface area contributed by atoms with Crippen LogP contribution in [0.25, 0.3) is 0 Å². The number of ether oxygens (including phenoxy) is 1. The number of likely N-dealkylation sites (tertiary alicyclic amines) is 1. The van der Waals surface area contributed by atoms with Gasteiger partial charge in [-0.3, -0.25) is 9.69 Å². The second-order valence-corrected chi connectivity index (χ2v) is 7.65. The predicted octanol–water partition coefficient (Wildman–Crippen LogP) is 3.07. The molecule has 0 aromatic heterocycles. The standard InChI is InChI=1S/C20H28N2O2/c23-19(22-13-14-24-20(16-22)9-1-2-10-20)18-7-5-17(6-8-18)15-21-11-3-4-12-21/h5-8H,1-4,9-16H2. The molecule has 1 saturated carbocycles. The average Bonchev–Trinajstić information content (AvgIpc) is 3.28. The van der Waals surface area contributed by atoms with Crippen LogP contribution in [-0.2, 0) is 11.3 Å². The van der Waals surface area contributed by atoms with E-state index in [0.717, 1.165) is 38.0 Å². The van der Waals surface area contributed by atoms with Crippen molar-refractivity contribution in [2.45, 2.75) is 50.7 Å². The fourth-order valence-electron chi connectivity index (χ4n) is 4.47. The summed E-state index contributed by atoms with van der Waals surface area (Å²) >= 11 is 0. The van der Waals surface area contributed by atoms with Gasteiger partial charge in [-0.2, -0.15) is 0 Å². The number of nitrogens with zero attached hydrogens (tertiary/aromatic N) is 2. The van der Waals surface area contributed by atoms with Crippen LogP contribution in [0, 0.1) is 0 Å². The van der Waals surface area contributed by atoms with E-state index in [1.54, 1.807) is 0 Å². The number of morpholine rings is 1. The van der Waals surface area contributed by atoms with E-state index in [-0.39, 0.29) is 11.5 Å². The number of carbonyl (C=O) groups excluding carboxylic acids is 1. The molecule has 1 aromatic carbocycles. The Balaban J connectivity index is 1.40. The van der Waals surface area contributed by atoms with Crippen LogP contribution in [-0.4, -0.2) is 54.1 Å². The number of carbonyl (C=O) groups is 1. The van der Waals surface area contributed by atoms with Gasteiger partial charge in [0, 0.05) is 18.7 Å². The number of rotatable bonds is 3. The lowest BCUT2D eigenvalue weighted by Crippen LogP contribution is -2.52. The summed E-state index contributed by atoms with van der Waals surface area (Å²) in [7, 11) is 0. The zero-order chi connectivity index (χ0) is 16.4. The van der Waals surface area contributed by atoms with Gasteiger partial charge in [0.05, 0.1) is 18.8 Å². The lowest BCUT2D eigenvalue weighted by molar-refractivity contribution is -0.0948. The van der Waals surface area contributed by atoms with Crippen LogP contribution in [0.1, 0.15) is 54.4 Å². The van der Waals surface area contributed by atoms with Crippen LogP contribution in [0.15, 0.2) is 24.3 Å². The molecule has 2 aliphatic heterocycles. The average molecular weight is 328 g/mol. The van der Waals surface area contributed by atoms with Crippen LogP contribution in [0.3, 0.4) is 0 Å². The van der Waals surface area contributed by atoms with E-state index in [1.165, 1.54) is 44.3 Å². The van der Waals surface area contributed by atoms with Gasteiger partial charge >= 0.3 is 0 Å². The van der Waals surface area contributed by atoms with E-state index in [4.69, 9.17) is 4.74 Å². The molecule has 4 heteroatoms. The summed E-state index contributed by atoms with van der Waals surface area (Å²) in [5.41, 5.74) is 2.07. The molecule has 1 amide bonds. The minimum absolute atomic E-state index is 0.0520. The van der Waals surface area contributed by atoms with Crippen LogP contribution in [0.5, 0.6) is 0 Å². The van der Waals surface area contributed by atoms with Crippen molar-refractivity contribution in [1.29, 1.82) is 0 Å².